The van der Waals surface area contributed by atoms with Crippen LogP contribution >= 0.6 is 0 Å². The Labute approximate surface area is 70.0 Å². The zero-order chi connectivity index (χ0) is 8.97. The summed E-state index contributed by atoms with van der Waals surface area (Å²) in [6, 6.07) is 1.34. The highest BCUT2D eigenvalue weighted by Crippen LogP contribution is 2.12. The van der Waals surface area contributed by atoms with Crippen LogP contribution in [0.5, 0.6) is 5.75 Å². The molecule has 0 atom stereocenters. The van der Waals surface area contributed by atoms with Gasteiger partial charge in [-0.3, -0.25) is 0 Å². The Kier molecular flexibility index (Phi) is 2.69. The third-order valence-corrected chi connectivity index (χ3v) is 1.42. The van der Waals surface area contributed by atoms with Gasteiger partial charge in [-0.15, -0.1) is 0 Å². The molecule has 1 aromatic rings. The van der Waals surface area contributed by atoms with Crippen molar-refractivity contribution in [2.45, 2.75) is 13.3 Å². The van der Waals surface area contributed by atoms with Crippen molar-refractivity contribution in [3.63, 3.8) is 0 Å². The van der Waals surface area contributed by atoms with E-state index in [9.17, 15) is 9.90 Å². The molecule has 64 valence electrons. The lowest BCUT2D eigenvalue weighted by molar-refractivity contribution is 0.445. The molecule has 1 aromatic heterocycles. The molecule has 3 heteroatoms. The second-order valence-corrected chi connectivity index (χ2v) is 2.32. The molecule has 1 rings (SSSR count). The largest absolute Gasteiger partial charge is 0.507 e. The zero-order valence-electron chi connectivity index (χ0n) is 6.78. The van der Waals surface area contributed by atoms with Gasteiger partial charge in [0.25, 0.3) is 0 Å². The Morgan fingerprint density at radius 1 is 1.67 bits per heavy atom. The van der Waals surface area contributed by atoms with E-state index in [-0.39, 0.29) is 11.3 Å². The van der Waals surface area contributed by atoms with Crippen LogP contribution in [-0.4, -0.2) is 5.11 Å². The van der Waals surface area contributed by atoms with E-state index in [1.54, 1.807) is 12.2 Å². The first-order chi connectivity index (χ1) is 5.75. The molecule has 0 fully saturated rings. The average molecular weight is 166 g/mol. The standard InChI is InChI=1S/C9H10O3/c1-2-3-4-7-8(10)5-6-12-9(7)11/h3-6,10H,2H2,1H3/b4-3-. The highest BCUT2D eigenvalue weighted by molar-refractivity contribution is 5.54. The predicted molar refractivity (Wildman–Crippen MR) is 46.0 cm³/mol. The minimum Gasteiger partial charge on any atom is -0.507 e. The molecule has 0 unspecified atom stereocenters. The summed E-state index contributed by atoms with van der Waals surface area (Å²) in [5.74, 6) is -0.0454. The first-order valence-corrected chi connectivity index (χ1v) is 3.73. The molecule has 0 amide bonds. The molecule has 0 bridgehead atoms. The van der Waals surface area contributed by atoms with Gasteiger partial charge in [0.2, 0.25) is 0 Å². The molecule has 1 heterocycles. The molecular weight excluding hydrogens is 156 g/mol. The molecule has 3 nitrogen and oxygen atoms in total. The van der Waals surface area contributed by atoms with Crippen LogP contribution in [0.15, 0.2) is 27.6 Å². The lowest BCUT2D eigenvalue weighted by atomic mass is 10.2. The molecule has 0 aromatic carbocycles. The Balaban J connectivity index is 3.13. The fraction of sp³-hybridized carbons (Fsp3) is 0.222. The van der Waals surface area contributed by atoms with Crippen LogP contribution in [0.2, 0.25) is 0 Å². The first kappa shape index (κ1) is 8.59. The van der Waals surface area contributed by atoms with Crippen molar-refractivity contribution in [3.8, 4) is 5.75 Å². The van der Waals surface area contributed by atoms with E-state index in [4.69, 9.17) is 0 Å². The van der Waals surface area contributed by atoms with Gasteiger partial charge in [0.05, 0.1) is 6.26 Å². The average Bonchev–Trinajstić information content (AvgIpc) is 2.04. The normalized spacial score (nSPS) is 10.8. The van der Waals surface area contributed by atoms with Crippen LogP contribution in [0.3, 0.4) is 0 Å². The summed E-state index contributed by atoms with van der Waals surface area (Å²) in [5, 5.41) is 9.21. The molecule has 1 N–H and O–H groups in total. The van der Waals surface area contributed by atoms with Gasteiger partial charge in [0, 0.05) is 6.07 Å². The minimum absolute atomic E-state index is 0.0454. The highest BCUT2D eigenvalue weighted by Gasteiger charge is 2.01. The molecule has 0 aliphatic rings. The monoisotopic (exact) mass is 166 g/mol. The molecular formula is C9H10O3. The van der Waals surface area contributed by atoms with E-state index in [2.05, 4.69) is 4.42 Å². The number of allylic oxidation sites excluding steroid dienone is 1. The van der Waals surface area contributed by atoms with E-state index < -0.39 is 5.63 Å². The van der Waals surface area contributed by atoms with Gasteiger partial charge in [0.15, 0.2) is 0 Å². The summed E-state index contributed by atoms with van der Waals surface area (Å²) >= 11 is 0. The maximum Gasteiger partial charge on any atom is 0.346 e. The molecule has 0 spiro atoms. The quantitative estimate of drug-likeness (QED) is 0.728. The van der Waals surface area contributed by atoms with E-state index in [1.165, 1.54) is 12.3 Å². The third-order valence-electron chi connectivity index (χ3n) is 1.42. The molecule has 0 aliphatic heterocycles. The van der Waals surface area contributed by atoms with E-state index in [1.807, 2.05) is 6.92 Å². The van der Waals surface area contributed by atoms with Gasteiger partial charge in [-0.05, 0) is 12.5 Å². The Hall–Kier alpha value is -1.51. The summed E-state index contributed by atoms with van der Waals surface area (Å²) in [4.78, 5) is 11.0. The lowest BCUT2D eigenvalue weighted by Gasteiger charge is -1.93. The summed E-state index contributed by atoms with van der Waals surface area (Å²) in [7, 11) is 0. The van der Waals surface area contributed by atoms with E-state index in [0.717, 1.165) is 6.42 Å². The van der Waals surface area contributed by atoms with Gasteiger partial charge in [-0.1, -0.05) is 13.0 Å². The van der Waals surface area contributed by atoms with Crippen molar-refractivity contribution in [2.75, 3.05) is 0 Å². The van der Waals surface area contributed by atoms with Crippen molar-refractivity contribution >= 4 is 6.08 Å². The lowest BCUT2D eigenvalue weighted by Crippen LogP contribution is -2.01. The smallest absolute Gasteiger partial charge is 0.346 e. The Morgan fingerprint density at radius 3 is 3.00 bits per heavy atom. The molecule has 0 aliphatic carbocycles. The summed E-state index contributed by atoms with van der Waals surface area (Å²) in [6.07, 6.45) is 5.32. The third kappa shape index (κ3) is 1.75. The zero-order valence-corrected chi connectivity index (χ0v) is 6.78. The fourth-order valence-corrected chi connectivity index (χ4v) is 0.807. The molecule has 0 saturated heterocycles. The van der Waals surface area contributed by atoms with Crippen LogP contribution in [0.1, 0.15) is 18.9 Å². The molecule has 0 radical (unpaired) electrons. The second-order valence-electron chi connectivity index (χ2n) is 2.32. The SMILES string of the molecule is CC/C=C\c1c(O)ccoc1=O. The number of hydrogen-bond donors (Lipinski definition) is 1. The molecule has 12 heavy (non-hydrogen) atoms. The summed E-state index contributed by atoms with van der Waals surface area (Å²) in [5.41, 5.74) is -0.306. The van der Waals surface area contributed by atoms with Crippen LogP contribution in [0, 0.1) is 0 Å². The van der Waals surface area contributed by atoms with Crippen molar-refractivity contribution in [3.05, 3.63) is 34.4 Å². The van der Waals surface area contributed by atoms with Crippen LogP contribution in [0.25, 0.3) is 6.08 Å². The van der Waals surface area contributed by atoms with Gasteiger partial charge < -0.3 is 9.52 Å². The number of rotatable bonds is 2. The topological polar surface area (TPSA) is 50.4 Å². The number of aromatic hydroxyl groups is 1. The minimum atomic E-state index is -0.514. The van der Waals surface area contributed by atoms with Crippen molar-refractivity contribution in [1.82, 2.24) is 0 Å². The summed E-state index contributed by atoms with van der Waals surface area (Å²) in [6.45, 7) is 1.94. The Bertz CT molecular complexity index is 336. The second kappa shape index (κ2) is 3.76. The first-order valence-electron chi connectivity index (χ1n) is 3.73. The predicted octanol–water partition coefficient (Wildman–Crippen LogP) is 1.77. The fourth-order valence-electron chi connectivity index (χ4n) is 0.807. The van der Waals surface area contributed by atoms with Gasteiger partial charge in [-0.25, -0.2) is 4.79 Å². The Morgan fingerprint density at radius 2 is 2.42 bits per heavy atom. The van der Waals surface area contributed by atoms with Gasteiger partial charge in [-0.2, -0.15) is 0 Å². The van der Waals surface area contributed by atoms with Crippen LogP contribution in [0.4, 0.5) is 0 Å². The van der Waals surface area contributed by atoms with Crippen molar-refractivity contribution < 1.29 is 9.52 Å². The van der Waals surface area contributed by atoms with Crippen molar-refractivity contribution in [1.29, 1.82) is 0 Å². The van der Waals surface area contributed by atoms with E-state index >= 15 is 0 Å². The van der Waals surface area contributed by atoms with Gasteiger partial charge in [0.1, 0.15) is 11.3 Å². The number of hydrogen-bond acceptors (Lipinski definition) is 3. The van der Waals surface area contributed by atoms with Crippen LogP contribution in [-0.2, 0) is 0 Å². The van der Waals surface area contributed by atoms with E-state index in [0.29, 0.717) is 0 Å². The summed E-state index contributed by atoms with van der Waals surface area (Å²) < 4.78 is 4.57. The molecule has 0 saturated carbocycles. The maximum atomic E-state index is 11.0. The maximum absolute atomic E-state index is 11.0. The highest BCUT2D eigenvalue weighted by atomic mass is 16.4. The van der Waals surface area contributed by atoms with Crippen LogP contribution < -0.4 is 5.63 Å². The van der Waals surface area contributed by atoms with Crippen molar-refractivity contribution in [2.24, 2.45) is 0 Å². The van der Waals surface area contributed by atoms with Gasteiger partial charge >= 0.3 is 5.63 Å².